The molecular formula is C13H18O4. The Hall–Kier alpha value is -1.55. The first-order valence-electron chi connectivity index (χ1n) is 5.61. The third kappa shape index (κ3) is 3.75. The molecule has 0 bridgehead atoms. The van der Waals surface area contributed by atoms with Gasteiger partial charge in [0.2, 0.25) is 0 Å². The van der Waals surface area contributed by atoms with Crippen molar-refractivity contribution in [2.75, 3.05) is 19.8 Å². The maximum Gasteiger partial charge on any atom is 0.335 e. The zero-order valence-corrected chi connectivity index (χ0v) is 10.4. The van der Waals surface area contributed by atoms with Crippen LogP contribution in [0, 0.1) is 13.8 Å². The fourth-order valence-electron chi connectivity index (χ4n) is 1.65. The smallest absolute Gasteiger partial charge is 0.335 e. The first-order valence-corrected chi connectivity index (χ1v) is 5.61. The maximum atomic E-state index is 10.9. The van der Waals surface area contributed by atoms with Gasteiger partial charge in [0.05, 0.1) is 12.2 Å². The zero-order valence-electron chi connectivity index (χ0n) is 10.4. The van der Waals surface area contributed by atoms with Crippen LogP contribution < -0.4 is 4.74 Å². The molecule has 4 heteroatoms. The van der Waals surface area contributed by atoms with E-state index in [9.17, 15) is 4.79 Å². The molecule has 0 radical (unpaired) electrons. The number of rotatable bonds is 6. The van der Waals surface area contributed by atoms with Crippen LogP contribution in [-0.2, 0) is 4.74 Å². The largest absolute Gasteiger partial charge is 0.491 e. The van der Waals surface area contributed by atoms with Crippen LogP contribution in [0.15, 0.2) is 12.1 Å². The van der Waals surface area contributed by atoms with Gasteiger partial charge in [-0.15, -0.1) is 0 Å². The molecule has 1 rings (SSSR count). The van der Waals surface area contributed by atoms with Gasteiger partial charge in [0.25, 0.3) is 0 Å². The lowest BCUT2D eigenvalue weighted by Crippen LogP contribution is -2.09. The molecule has 0 aliphatic carbocycles. The zero-order chi connectivity index (χ0) is 12.8. The predicted molar refractivity (Wildman–Crippen MR) is 64.9 cm³/mol. The lowest BCUT2D eigenvalue weighted by molar-refractivity contribution is 0.0696. The summed E-state index contributed by atoms with van der Waals surface area (Å²) in [5.74, 6) is -0.174. The minimum atomic E-state index is -0.919. The first kappa shape index (κ1) is 13.5. The van der Waals surface area contributed by atoms with Gasteiger partial charge in [0.15, 0.2) is 0 Å². The fourth-order valence-corrected chi connectivity index (χ4v) is 1.65. The fraction of sp³-hybridized carbons (Fsp3) is 0.462. The average molecular weight is 238 g/mol. The van der Waals surface area contributed by atoms with Crippen LogP contribution in [0.25, 0.3) is 0 Å². The van der Waals surface area contributed by atoms with Crippen molar-refractivity contribution >= 4 is 5.97 Å². The van der Waals surface area contributed by atoms with Crippen LogP contribution in [-0.4, -0.2) is 30.9 Å². The summed E-state index contributed by atoms with van der Waals surface area (Å²) in [5, 5.41) is 8.91. The van der Waals surface area contributed by atoms with Crippen LogP contribution in [0.2, 0.25) is 0 Å². The molecule has 0 saturated carbocycles. The maximum absolute atomic E-state index is 10.9. The van der Waals surface area contributed by atoms with E-state index >= 15 is 0 Å². The molecule has 0 aromatic heterocycles. The van der Waals surface area contributed by atoms with Gasteiger partial charge in [-0.3, -0.25) is 0 Å². The van der Waals surface area contributed by atoms with Crippen molar-refractivity contribution in [2.45, 2.75) is 20.8 Å². The SMILES string of the molecule is CCOCCOc1c(C)cc(C(=O)O)cc1C. The van der Waals surface area contributed by atoms with Crippen molar-refractivity contribution < 1.29 is 19.4 Å². The summed E-state index contributed by atoms with van der Waals surface area (Å²) in [6.07, 6.45) is 0. The number of ether oxygens (including phenoxy) is 2. The van der Waals surface area contributed by atoms with Crippen LogP contribution in [0.1, 0.15) is 28.4 Å². The van der Waals surface area contributed by atoms with Crippen LogP contribution >= 0.6 is 0 Å². The highest BCUT2D eigenvalue weighted by Gasteiger charge is 2.10. The first-order chi connectivity index (χ1) is 8.06. The Balaban J connectivity index is 2.76. The van der Waals surface area contributed by atoms with Crippen molar-refractivity contribution in [1.29, 1.82) is 0 Å². The molecule has 1 aromatic carbocycles. The third-order valence-corrected chi connectivity index (χ3v) is 2.39. The van der Waals surface area contributed by atoms with Crippen molar-refractivity contribution in [1.82, 2.24) is 0 Å². The molecule has 0 spiro atoms. The second-order valence-corrected chi connectivity index (χ2v) is 3.79. The molecule has 0 unspecified atom stereocenters. The second-order valence-electron chi connectivity index (χ2n) is 3.79. The van der Waals surface area contributed by atoms with Gasteiger partial charge in [-0.25, -0.2) is 4.79 Å². The van der Waals surface area contributed by atoms with Crippen LogP contribution in [0.3, 0.4) is 0 Å². The molecule has 0 amide bonds. The van der Waals surface area contributed by atoms with Gasteiger partial charge in [0.1, 0.15) is 12.4 Å². The van der Waals surface area contributed by atoms with E-state index < -0.39 is 5.97 Å². The molecule has 0 atom stereocenters. The Morgan fingerprint density at radius 3 is 2.29 bits per heavy atom. The van der Waals surface area contributed by atoms with Crippen molar-refractivity contribution in [2.24, 2.45) is 0 Å². The standard InChI is InChI=1S/C13H18O4/c1-4-16-5-6-17-12-9(2)7-11(13(14)15)8-10(12)3/h7-8H,4-6H2,1-3H3,(H,14,15). The molecule has 0 aliphatic heterocycles. The number of carboxylic acids is 1. The molecule has 94 valence electrons. The minimum absolute atomic E-state index is 0.289. The van der Waals surface area contributed by atoms with E-state index in [-0.39, 0.29) is 5.56 Å². The van der Waals surface area contributed by atoms with E-state index in [4.69, 9.17) is 14.6 Å². The number of aromatic carboxylic acids is 1. The Morgan fingerprint density at radius 2 is 1.82 bits per heavy atom. The number of benzene rings is 1. The Bertz CT molecular complexity index is 375. The van der Waals surface area contributed by atoms with E-state index in [1.54, 1.807) is 12.1 Å². The Kier molecular flexibility index (Phi) is 4.97. The van der Waals surface area contributed by atoms with Gasteiger partial charge < -0.3 is 14.6 Å². The van der Waals surface area contributed by atoms with Gasteiger partial charge >= 0.3 is 5.97 Å². The summed E-state index contributed by atoms with van der Waals surface area (Å²) in [4.78, 5) is 10.9. The Labute approximate surface area is 101 Å². The molecule has 17 heavy (non-hydrogen) atoms. The number of hydrogen-bond acceptors (Lipinski definition) is 3. The summed E-state index contributed by atoms with van der Waals surface area (Å²) in [6, 6.07) is 3.23. The van der Waals surface area contributed by atoms with E-state index in [0.29, 0.717) is 19.8 Å². The van der Waals surface area contributed by atoms with E-state index in [0.717, 1.165) is 16.9 Å². The van der Waals surface area contributed by atoms with Crippen LogP contribution in [0.5, 0.6) is 5.75 Å². The highest BCUT2D eigenvalue weighted by atomic mass is 16.5. The highest BCUT2D eigenvalue weighted by Crippen LogP contribution is 2.24. The minimum Gasteiger partial charge on any atom is -0.491 e. The summed E-state index contributed by atoms with van der Waals surface area (Å²) >= 11 is 0. The molecule has 4 nitrogen and oxygen atoms in total. The molecule has 1 aromatic rings. The van der Waals surface area contributed by atoms with Gasteiger partial charge in [-0.1, -0.05) is 0 Å². The lowest BCUT2D eigenvalue weighted by atomic mass is 10.1. The second kappa shape index (κ2) is 6.25. The topological polar surface area (TPSA) is 55.8 Å². The quantitative estimate of drug-likeness (QED) is 0.773. The van der Waals surface area contributed by atoms with E-state index in [2.05, 4.69) is 0 Å². The normalized spacial score (nSPS) is 10.3. The lowest BCUT2D eigenvalue weighted by Gasteiger charge is -2.12. The highest BCUT2D eigenvalue weighted by molar-refractivity contribution is 5.88. The van der Waals surface area contributed by atoms with Crippen molar-refractivity contribution in [3.05, 3.63) is 28.8 Å². The number of carbonyl (C=O) groups is 1. The predicted octanol–water partition coefficient (Wildman–Crippen LogP) is 2.42. The van der Waals surface area contributed by atoms with Gasteiger partial charge in [0, 0.05) is 6.61 Å². The van der Waals surface area contributed by atoms with E-state index in [1.165, 1.54) is 0 Å². The number of hydrogen-bond donors (Lipinski definition) is 1. The van der Waals surface area contributed by atoms with Gasteiger partial charge in [-0.2, -0.15) is 0 Å². The summed E-state index contributed by atoms with van der Waals surface area (Å²) in [5.41, 5.74) is 1.95. The molecular weight excluding hydrogens is 220 g/mol. The summed E-state index contributed by atoms with van der Waals surface area (Å²) in [6.45, 7) is 7.29. The molecule has 1 N–H and O–H groups in total. The van der Waals surface area contributed by atoms with Gasteiger partial charge in [-0.05, 0) is 44.0 Å². The van der Waals surface area contributed by atoms with Crippen molar-refractivity contribution in [3.8, 4) is 5.75 Å². The van der Waals surface area contributed by atoms with Crippen LogP contribution in [0.4, 0.5) is 0 Å². The van der Waals surface area contributed by atoms with E-state index in [1.807, 2.05) is 20.8 Å². The third-order valence-electron chi connectivity index (χ3n) is 2.39. The molecule has 0 heterocycles. The monoisotopic (exact) mass is 238 g/mol. The summed E-state index contributed by atoms with van der Waals surface area (Å²) in [7, 11) is 0. The molecule has 0 aliphatic rings. The van der Waals surface area contributed by atoms with Crippen molar-refractivity contribution in [3.63, 3.8) is 0 Å². The Morgan fingerprint density at radius 1 is 1.24 bits per heavy atom. The number of aryl methyl sites for hydroxylation is 2. The molecule has 0 fully saturated rings. The summed E-state index contributed by atoms with van der Waals surface area (Å²) < 4.78 is 10.8. The molecule has 0 saturated heterocycles. The number of carboxylic acid groups (broad SMARTS) is 1. The average Bonchev–Trinajstić information content (AvgIpc) is 2.26.